The first-order valence-electron chi connectivity index (χ1n) is 9.91. The summed E-state index contributed by atoms with van der Waals surface area (Å²) in [5.41, 5.74) is -1.33. The van der Waals surface area contributed by atoms with Gasteiger partial charge in [-0.1, -0.05) is 6.07 Å². The molecule has 10 nitrogen and oxygen atoms in total. The summed E-state index contributed by atoms with van der Waals surface area (Å²) in [5, 5.41) is 14.5. The quantitative estimate of drug-likeness (QED) is 0.390. The lowest BCUT2D eigenvalue weighted by molar-refractivity contribution is -0.143. The molecule has 5 rings (SSSR count). The lowest BCUT2D eigenvalue weighted by atomic mass is 10.1. The first-order chi connectivity index (χ1) is 16.9. The number of anilines is 1. The standard InChI is InChI=1S/C22H12F3N9O/c1-26-17-10-13(11-28-20(17)34-29-8-9-30-34)32-21(35)15-12-31-33(19(15)22(23,24)25)18-6-2-5-16-14(18)4-3-7-27-16/h2-12H,(H,32,35). The third-order valence-corrected chi connectivity index (χ3v) is 4.97. The van der Waals surface area contributed by atoms with E-state index in [1.54, 1.807) is 24.3 Å². The van der Waals surface area contributed by atoms with Crippen LogP contribution in [0.25, 0.3) is 27.3 Å². The molecule has 1 aromatic carbocycles. The smallest absolute Gasteiger partial charge is 0.322 e. The highest BCUT2D eigenvalue weighted by Crippen LogP contribution is 2.35. The van der Waals surface area contributed by atoms with E-state index in [-0.39, 0.29) is 22.9 Å². The first-order valence-corrected chi connectivity index (χ1v) is 9.91. The number of nitrogens with zero attached hydrogens (tertiary/aromatic N) is 8. The summed E-state index contributed by atoms with van der Waals surface area (Å²) >= 11 is 0. The van der Waals surface area contributed by atoms with Crippen molar-refractivity contribution < 1.29 is 18.0 Å². The van der Waals surface area contributed by atoms with E-state index in [1.807, 2.05) is 0 Å². The van der Waals surface area contributed by atoms with Crippen LogP contribution in [0.15, 0.2) is 67.4 Å². The third-order valence-electron chi connectivity index (χ3n) is 4.97. The number of halogens is 3. The van der Waals surface area contributed by atoms with Gasteiger partial charge in [-0.15, -0.1) is 4.80 Å². The van der Waals surface area contributed by atoms with Crippen LogP contribution >= 0.6 is 0 Å². The maximum absolute atomic E-state index is 14.1. The van der Waals surface area contributed by atoms with Crippen LogP contribution in [0, 0.1) is 6.57 Å². The van der Waals surface area contributed by atoms with E-state index >= 15 is 0 Å². The number of hydrogen-bond acceptors (Lipinski definition) is 6. The second kappa shape index (κ2) is 8.34. The van der Waals surface area contributed by atoms with E-state index in [4.69, 9.17) is 6.57 Å². The number of aromatic nitrogens is 7. The van der Waals surface area contributed by atoms with Gasteiger partial charge in [0.15, 0.2) is 11.5 Å². The van der Waals surface area contributed by atoms with E-state index in [0.29, 0.717) is 15.6 Å². The first kappa shape index (κ1) is 21.7. The number of rotatable bonds is 4. The summed E-state index contributed by atoms with van der Waals surface area (Å²) < 4.78 is 43.1. The largest absolute Gasteiger partial charge is 0.434 e. The van der Waals surface area contributed by atoms with Gasteiger partial charge in [0.05, 0.1) is 48.1 Å². The second-order valence-electron chi connectivity index (χ2n) is 7.11. The van der Waals surface area contributed by atoms with Crippen LogP contribution in [0.4, 0.5) is 24.5 Å². The molecule has 0 bridgehead atoms. The van der Waals surface area contributed by atoms with Gasteiger partial charge in [0.25, 0.3) is 5.91 Å². The molecule has 4 heterocycles. The molecule has 0 radical (unpaired) electrons. The fourth-order valence-corrected chi connectivity index (χ4v) is 3.52. The molecule has 0 aliphatic rings. The van der Waals surface area contributed by atoms with Crippen molar-refractivity contribution in [1.29, 1.82) is 0 Å². The SMILES string of the molecule is [C-]#[N+]c1cc(NC(=O)c2cnn(-c3cccc4ncccc34)c2C(F)(F)F)cnc1-n1nccn1. The van der Waals surface area contributed by atoms with Crippen molar-refractivity contribution in [3.05, 3.63) is 90.1 Å². The average Bonchev–Trinajstić information content (AvgIpc) is 3.54. The number of carbonyl (C=O) groups is 1. The predicted molar refractivity (Wildman–Crippen MR) is 117 cm³/mol. The number of amides is 1. The van der Waals surface area contributed by atoms with Crippen LogP contribution in [0.3, 0.4) is 0 Å². The zero-order valence-electron chi connectivity index (χ0n) is 17.5. The Morgan fingerprint density at radius 3 is 2.54 bits per heavy atom. The van der Waals surface area contributed by atoms with Gasteiger partial charge in [-0.25, -0.2) is 14.5 Å². The minimum Gasteiger partial charge on any atom is -0.322 e. The van der Waals surface area contributed by atoms with Crippen molar-refractivity contribution in [2.45, 2.75) is 6.18 Å². The zero-order valence-corrected chi connectivity index (χ0v) is 17.5. The highest BCUT2D eigenvalue weighted by molar-refractivity contribution is 6.05. The summed E-state index contributed by atoms with van der Waals surface area (Å²) in [6, 6.07) is 9.16. The molecule has 0 aliphatic carbocycles. The number of benzene rings is 1. The number of pyridine rings is 2. The Labute approximate surface area is 194 Å². The molecule has 172 valence electrons. The second-order valence-corrected chi connectivity index (χ2v) is 7.11. The van der Waals surface area contributed by atoms with Gasteiger partial charge in [-0.05, 0) is 30.3 Å². The molecular formula is C22H12F3N9O. The fourth-order valence-electron chi connectivity index (χ4n) is 3.52. The summed E-state index contributed by atoms with van der Waals surface area (Å²) in [7, 11) is 0. The molecule has 13 heteroatoms. The summed E-state index contributed by atoms with van der Waals surface area (Å²) in [5.74, 6) is -0.957. The molecule has 4 aromatic heterocycles. The predicted octanol–water partition coefficient (Wildman–Crippen LogP) is 4.22. The third kappa shape index (κ3) is 3.93. The van der Waals surface area contributed by atoms with Crippen molar-refractivity contribution in [3.8, 4) is 11.5 Å². The summed E-state index contributed by atoms with van der Waals surface area (Å²) in [6.45, 7) is 7.35. The van der Waals surface area contributed by atoms with Gasteiger partial charge in [0.2, 0.25) is 5.69 Å². The number of nitrogens with one attached hydrogen (secondary N) is 1. The van der Waals surface area contributed by atoms with Crippen LogP contribution in [0.5, 0.6) is 0 Å². The topological polar surface area (TPSA) is 108 Å². The number of carbonyl (C=O) groups excluding carboxylic acids is 1. The van der Waals surface area contributed by atoms with E-state index in [2.05, 4.69) is 35.4 Å². The van der Waals surface area contributed by atoms with Crippen LogP contribution in [-0.2, 0) is 6.18 Å². The highest BCUT2D eigenvalue weighted by Gasteiger charge is 2.41. The Hall–Kier alpha value is -5.12. The fraction of sp³-hybridized carbons (Fsp3) is 0.0455. The molecule has 0 unspecified atom stereocenters. The molecule has 0 aliphatic heterocycles. The molecule has 0 atom stereocenters. The van der Waals surface area contributed by atoms with E-state index in [9.17, 15) is 18.0 Å². The Morgan fingerprint density at radius 2 is 1.80 bits per heavy atom. The van der Waals surface area contributed by atoms with Crippen molar-refractivity contribution in [2.75, 3.05) is 5.32 Å². The molecule has 0 saturated carbocycles. The minimum atomic E-state index is -4.90. The van der Waals surface area contributed by atoms with Crippen molar-refractivity contribution in [2.24, 2.45) is 0 Å². The molecule has 1 amide bonds. The van der Waals surface area contributed by atoms with Gasteiger partial charge in [-0.3, -0.25) is 9.78 Å². The minimum absolute atomic E-state index is 0.00556. The van der Waals surface area contributed by atoms with Gasteiger partial charge in [0, 0.05) is 17.3 Å². The van der Waals surface area contributed by atoms with E-state index in [0.717, 1.165) is 11.0 Å². The number of fused-ring (bicyclic) bond motifs is 1. The van der Waals surface area contributed by atoms with Gasteiger partial charge in [-0.2, -0.15) is 28.5 Å². The Balaban J connectivity index is 1.54. The van der Waals surface area contributed by atoms with Crippen molar-refractivity contribution >= 4 is 28.2 Å². The Morgan fingerprint density at radius 1 is 1.00 bits per heavy atom. The van der Waals surface area contributed by atoms with Crippen LogP contribution in [0.2, 0.25) is 0 Å². The molecule has 0 spiro atoms. The maximum atomic E-state index is 14.1. The Kier molecular flexibility index (Phi) is 5.17. The number of hydrogen-bond donors (Lipinski definition) is 1. The molecule has 0 saturated heterocycles. The number of alkyl halides is 3. The normalized spacial score (nSPS) is 11.4. The molecule has 0 fully saturated rings. The molecule has 1 N–H and O–H groups in total. The zero-order chi connectivity index (χ0) is 24.6. The molecule has 5 aromatic rings. The van der Waals surface area contributed by atoms with Crippen molar-refractivity contribution in [3.63, 3.8) is 0 Å². The summed E-state index contributed by atoms with van der Waals surface area (Å²) in [6.07, 6.45) is 1.46. The van der Waals surface area contributed by atoms with Crippen LogP contribution in [-0.4, -0.2) is 40.6 Å². The average molecular weight is 475 g/mol. The molecular weight excluding hydrogens is 463 g/mol. The van der Waals surface area contributed by atoms with Crippen LogP contribution in [0.1, 0.15) is 16.1 Å². The Bertz CT molecular complexity index is 1600. The van der Waals surface area contributed by atoms with E-state index in [1.165, 1.54) is 36.9 Å². The van der Waals surface area contributed by atoms with Gasteiger partial charge in [0.1, 0.15) is 0 Å². The maximum Gasteiger partial charge on any atom is 0.434 e. The van der Waals surface area contributed by atoms with Gasteiger partial charge < -0.3 is 5.32 Å². The molecule has 35 heavy (non-hydrogen) atoms. The highest BCUT2D eigenvalue weighted by atomic mass is 19.4. The lowest BCUT2D eigenvalue weighted by Crippen LogP contribution is -2.21. The van der Waals surface area contributed by atoms with E-state index < -0.39 is 23.3 Å². The monoisotopic (exact) mass is 475 g/mol. The van der Waals surface area contributed by atoms with Gasteiger partial charge >= 0.3 is 6.18 Å². The lowest BCUT2D eigenvalue weighted by Gasteiger charge is -2.14. The van der Waals surface area contributed by atoms with Crippen LogP contribution < -0.4 is 5.32 Å². The summed E-state index contributed by atoms with van der Waals surface area (Å²) in [4.78, 5) is 25.5. The van der Waals surface area contributed by atoms with Crippen molar-refractivity contribution in [1.82, 2.24) is 34.7 Å².